The minimum atomic E-state index is -3.88. The smallest absolute Gasteiger partial charge is 0.207 e. The van der Waals surface area contributed by atoms with Gasteiger partial charge in [0, 0.05) is 15.2 Å². The van der Waals surface area contributed by atoms with Crippen molar-refractivity contribution in [1.29, 1.82) is 5.26 Å². The summed E-state index contributed by atoms with van der Waals surface area (Å²) in [5.74, 6) is 0. The Kier molecular flexibility index (Phi) is 3.77. The molecule has 0 heterocycles. The van der Waals surface area contributed by atoms with E-state index in [1.165, 1.54) is 6.07 Å². The van der Waals surface area contributed by atoms with Crippen molar-refractivity contribution in [2.45, 2.75) is 18.2 Å². The summed E-state index contributed by atoms with van der Waals surface area (Å²) >= 11 is 3.15. The van der Waals surface area contributed by atoms with Gasteiger partial charge in [0.2, 0.25) is 0 Å². The maximum Gasteiger partial charge on any atom is 0.262 e. The van der Waals surface area contributed by atoms with E-state index in [-0.39, 0.29) is 10.5 Å². The van der Waals surface area contributed by atoms with Crippen molar-refractivity contribution in [1.82, 2.24) is 0 Å². The lowest BCUT2D eigenvalue weighted by Gasteiger charge is -2.05. The number of rotatable bonds is 2. The van der Waals surface area contributed by atoms with Crippen LogP contribution in [-0.4, -0.2) is 8.42 Å². The highest BCUT2D eigenvalue weighted by Gasteiger charge is 2.18. The molecule has 0 aromatic heterocycles. The van der Waals surface area contributed by atoms with Crippen molar-refractivity contribution in [2.24, 2.45) is 0 Å². The van der Waals surface area contributed by atoms with E-state index in [0.717, 1.165) is 5.56 Å². The molecule has 0 saturated heterocycles. The van der Waals surface area contributed by atoms with Crippen LogP contribution in [0.5, 0.6) is 0 Å². The lowest BCUT2D eigenvalue weighted by atomic mass is 10.1. The summed E-state index contributed by atoms with van der Waals surface area (Å²) in [7, 11) is 1.36. The van der Waals surface area contributed by atoms with Crippen LogP contribution in [0.25, 0.3) is 0 Å². The number of halogens is 2. The number of nitrogens with zero attached hydrogens (tertiary/aromatic N) is 1. The third-order valence-corrected chi connectivity index (χ3v) is 3.87. The molecule has 0 aliphatic rings. The summed E-state index contributed by atoms with van der Waals surface area (Å²) in [5.41, 5.74) is 0.849. The van der Waals surface area contributed by atoms with Gasteiger partial charge in [-0.05, 0) is 40.0 Å². The second-order valence-electron chi connectivity index (χ2n) is 2.85. The molecular formula is C9H7BrClNO2S. The fourth-order valence-electron chi connectivity index (χ4n) is 1.14. The Labute approximate surface area is 101 Å². The molecule has 0 radical (unpaired) electrons. The third-order valence-electron chi connectivity index (χ3n) is 1.90. The van der Waals surface area contributed by atoms with E-state index < -0.39 is 9.05 Å². The summed E-state index contributed by atoms with van der Waals surface area (Å²) in [4.78, 5) is -0.141. The maximum absolute atomic E-state index is 11.2. The number of aryl methyl sites for hydroxylation is 1. The average molecular weight is 309 g/mol. The van der Waals surface area contributed by atoms with Gasteiger partial charge in [0.1, 0.15) is 11.0 Å². The van der Waals surface area contributed by atoms with Crippen LogP contribution in [-0.2, 0) is 15.5 Å². The zero-order valence-corrected chi connectivity index (χ0v) is 10.9. The summed E-state index contributed by atoms with van der Waals surface area (Å²) in [6.45, 7) is 1.89. The van der Waals surface area contributed by atoms with Gasteiger partial charge in [-0.3, -0.25) is 0 Å². The first-order chi connectivity index (χ1) is 6.90. The van der Waals surface area contributed by atoms with Crippen molar-refractivity contribution in [2.75, 3.05) is 0 Å². The Hall–Kier alpha value is -0.570. The fraction of sp³-hybridized carbons (Fsp3) is 0.222. The summed E-state index contributed by atoms with van der Waals surface area (Å²) in [6.07, 6.45) is 0.670. The number of hydrogen-bond donors (Lipinski definition) is 0. The molecule has 0 N–H and O–H groups in total. The molecule has 0 aliphatic carbocycles. The zero-order valence-electron chi connectivity index (χ0n) is 7.79. The Balaban J connectivity index is 3.63. The number of benzene rings is 1. The Morgan fingerprint density at radius 2 is 2.13 bits per heavy atom. The van der Waals surface area contributed by atoms with Crippen molar-refractivity contribution in [3.63, 3.8) is 0 Å². The van der Waals surface area contributed by atoms with Crippen LogP contribution in [0, 0.1) is 11.3 Å². The van der Waals surface area contributed by atoms with E-state index in [4.69, 9.17) is 15.9 Å². The molecule has 80 valence electrons. The first kappa shape index (κ1) is 12.5. The van der Waals surface area contributed by atoms with Crippen molar-refractivity contribution in [3.8, 4) is 6.07 Å². The quantitative estimate of drug-likeness (QED) is 0.789. The monoisotopic (exact) mass is 307 g/mol. The van der Waals surface area contributed by atoms with Crippen LogP contribution >= 0.6 is 26.6 Å². The molecule has 15 heavy (non-hydrogen) atoms. The first-order valence-electron chi connectivity index (χ1n) is 4.07. The SMILES string of the molecule is CCc1cc(Br)c(C#N)c(S(=O)(=O)Cl)c1. The van der Waals surface area contributed by atoms with E-state index in [1.54, 1.807) is 6.07 Å². The molecule has 0 amide bonds. The van der Waals surface area contributed by atoms with Gasteiger partial charge in [0.15, 0.2) is 0 Å². The molecule has 0 unspecified atom stereocenters. The normalized spacial score (nSPS) is 11.1. The summed E-state index contributed by atoms with van der Waals surface area (Å²) in [6, 6.07) is 4.95. The van der Waals surface area contributed by atoms with Crippen LogP contribution in [0.2, 0.25) is 0 Å². The van der Waals surface area contributed by atoms with E-state index in [2.05, 4.69) is 15.9 Å². The third kappa shape index (κ3) is 2.71. The number of nitriles is 1. The van der Waals surface area contributed by atoms with Crippen LogP contribution < -0.4 is 0 Å². The topological polar surface area (TPSA) is 57.9 Å². The molecule has 0 saturated carbocycles. The largest absolute Gasteiger partial charge is 0.262 e. The van der Waals surface area contributed by atoms with Crippen LogP contribution in [0.15, 0.2) is 21.5 Å². The van der Waals surface area contributed by atoms with Crippen molar-refractivity contribution >= 4 is 35.7 Å². The molecule has 1 rings (SSSR count). The highest BCUT2D eigenvalue weighted by atomic mass is 79.9. The fourth-order valence-corrected chi connectivity index (χ4v) is 2.92. The Bertz CT molecular complexity index is 534. The maximum atomic E-state index is 11.2. The van der Waals surface area contributed by atoms with Gasteiger partial charge in [-0.2, -0.15) is 5.26 Å². The predicted molar refractivity (Wildman–Crippen MR) is 61.3 cm³/mol. The molecule has 6 heteroatoms. The van der Waals surface area contributed by atoms with Gasteiger partial charge < -0.3 is 0 Å². The highest BCUT2D eigenvalue weighted by Crippen LogP contribution is 2.28. The molecule has 1 aromatic rings. The second-order valence-corrected chi connectivity index (χ2v) is 6.24. The van der Waals surface area contributed by atoms with Gasteiger partial charge >= 0.3 is 0 Å². The summed E-state index contributed by atoms with van der Waals surface area (Å²) in [5, 5.41) is 8.82. The van der Waals surface area contributed by atoms with Gasteiger partial charge in [-0.1, -0.05) is 6.92 Å². The van der Waals surface area contributed by atoms with E-state index in [9.17, 15) is 8.42 Å². The van der Waals surface area contributed by atoms with Crippen molar-refractivity contribution < 1.29 is 8.42 Å². The van der Waals surface area contributed by atoms with Crippen LogP contribution in [0.1, 0.15) is 18.1 Å². The highest BCUT2D eigenvalue weighted by molar-refractivity contribution is 9.10. The van der Waals surface area contributed by atoms with E-state index >= 15 is 0 Å². The average Bonchev–Trinajstić information content (AvgIpc) is 2.15. The number of hydrogen-bond acceptors (Lipinski definition) is 3. The van der Waals surface area contributed by atoms with Crippen LogP contribution in [0.3, 0.4) is 0 Å². The van der Waals surface area contributed by atoms with E-state index in [0.29, 0.717) is 10.9 Å². The minimum absolute atomic E-state index is 0.0437. The Morgan fingerprint density at radius 1 is 1.53 bits per heavy atom. The lowest BCUT2D eigenvalue weighted by molar-refractivity contribution is 0.609. The van der Waals surface area contributed by atoms with E-state index in [1.807, 2.05) is 13.0 Å². The Morgan fingerprint density at radius 3 is 2.53 bits per heavy atom. The zero-order chi connectivity index (χ0) is 11.6. The molecule has 0 spiro atoms. The molecule has 0 bridgehead atoms. The van der Waals surface area contributed by atoms with Gasteiger partial charge in [-0.25, -0.2) is 8.42 Å². The van der Waals surface area contributed by atoms with Crippen molar-refractivity contribution in [3.05, 3.63) is 27.7 Å². The first-order valence-corrected chi connectivity index (χ1v) is 7.17. The molecule has 0 aliphatic heterocycles. The predicted octanol–water partition coefficient (Wildman–Crippen LogP) is 2.81. The molecule has 1 aromatic carbocycles. The molecular weight excluding hydrogens is 302 g/mol. The molecule has 0 fully saturated rings. The molecule has 3 nitrogen and oxygen atoms in total. The van der Waals surface area contributed by atoms with Gasteiger partial charge in [0.25, 0.3) is 9.05 Å². The molecule has 0 atom stereocenters. The van der Waals surface area contributed by atoms with Gasteiger partial charge in [-0.15, -0.1) is 0 Å². The van der Waals surface area contributed by atoms with Gasteiger partial charge in [0.05, 0.1) is 5.56 Å². The summed E-state index contributed by atoms with van der Waals surface area (Å²) < 4.78 is 22.9. The van der Waals surface area contributed by atoms with Crippen LogP contribution in [0.4, 0.5) is 0 Å². The minimum Gasteiger partial charge on any atom is -0.207 e. The lowest BCUT2D eigenvalue weighted by Crippen LogP contribution is -1.98. The standard InChI is InChI=1S/C9H7BrClNO2S/c1-2-6-3-8(10)7(5-12)9(4-6)15(11,13)14/h3-4H,2H2,1H3. The second kappa shape index (κ2) is 4.52.